The molecule has 1 aliphatic heterocycles. The van der Waals surface area contributed by atoms with Gasteiger partial charge in [-0.25, -0.2) is 8.42 Å². The molecule has 1 saturated heterocycles. The topological polar surface area (TPSA) is 247 Å². The third-order valence-corrected chi connectivity index (χ3v) is 6.37. The lowest BCUT2D eigenvalue weighted by Crippen LogP contribution is -2.66. The van der Waals surface area contributed by atoms with Crippen LogP contribution in [0.2, 0.25) is 0 Å². The molecule has 0 saturated carbocycles. The minimum Gasteiger partial charge on any atom is -0.463 e. The second-order valence-corrected chi connectivity index (χ2v) is 9.59. The molecule has 2 rings (SSSR count). The third-order valence-electron chi connectivity index (χ3n) is 4.90. The van der Waals surface area contributed by atoms with Crippen molar-refractivity contribution in [1.29, 1.82) is 0 Å². The maximum atomic E-state index is 13.2. The van der Waals surface area contributed by atoms with Gasteiger partial charge in [0.15, 0.2) is 29.4 Å². The van der Waals surface area contributed by atoms with Gasteiger partial charge in [0.2, 0.25) is 10.0 Å². The quantitative estimate of drug-likeness (QED) is 0.164. The fourth-order valence-electron chi connectivity index (χ4n) is 3.53. The lowest BCUT2D eigenvalue weighted by Gasteiger charge is -2.44. The Morgan fingerprint density at radius 2 is 1.41 bits per heavy atom. The molecule has 39 heavy (non-hydrogen) atoms. The van der Waals surface area contributed by atoms with E-state index in [4.69, 9.17) is 23.7 Å². The van der Waals surface area contributed by atoms with Crippen molar-refractivity contribution < 1.29 is 61.1 Å². The van der Waals surface area contributed by atoms with Crippen LogP contribution in [0, 0.1) is 20.2 Å². The number of hydrogen-bond donors (Lipinski definition) is 1. The van der Waals surface area contributed by atoms with Gasteiger partial charge in [-0.2, -0.15) is 4.72 Å². The van der Waals surface area contributed by atoms with Gasteiger partial charge in [0.1, 0.15) is 12.7 Å². The maximum absolute atomic E-state index is 13.2. The second-order valence-electron chi connectivity index (χ2n) is 7.91. The molecule has 1 aromatic carbocycles. The van der Waals surface area contributed by atoms with Crippen LogP contribution in [0.3, 0.4) is 0 Å². The SMILES string of the molecule is CC(=O)OC[C@H]1O[C@@H](NS(=O)(=O)c2ccc([N+](=O)[O-])cc2[N+](=O)[O-])[C@H](OC(C)=O)[C@@H](OC(C)=O)[C@@H]1OC(C)=O. The molecule has 0 bridgehead atoms. The van der Waals surface area contributed by atoms with E-state index in [-0.39, 0.29) is 0 Å². The Labute approximate surface area is 219 Å². The summed E-state index contributed by atoms with van der Waals surface area (Å²) in [5.74, 6) is -3.73. The van der Waals surface area contributed by atoms with Gasteiger partial charge in [0.05, 0.1) is 15.9 Å². The highest BCUT2D eigenvalue weighted by atomic mass is 32.2. The van der Waals surface area contributed by atoms with Gasteiger partial charge < -0.3 is 23.7 Å². The molecule has 0 amide bonds. The standard InChI is InChI=1S/C20H23N3O15S/c1-9(24)34-8-15-17(35-10(2)25)18(36-11(3)26)19(37-12(4)27)20(38-15)21-39(32,33)16-6-5-13(22(28)29)7-14(16)23(30)31/h5-7,15,17-21H,8H2,1-4H3/t15-,17-,18+,19-,20-/m1/s1. The van der Waals surface area contributed by atoms with Crippen LogP contribution in [0.4, 0.5) is 11.4 Å². The molecule has 1 aromatic rings. The van der Waals surface area contributed by atoms with Crippen molar-refractivity contribution in [3.8, 4) is 0 Å². The van der Waals surface area contributed by atoms with Crippen molar-refractivity contribution in [3.05, 3.63) is 38.4 Å². The number of ether oxygens (including phenoxy) is 5. The molecule has 0 spiro atoms. The maximum Gasteiger partial charge on any atom is 0.303 e. The molecule has 1 heterocycles. The number of rotatable bonds is 10. The number of nitrogens with zero attached hydrogens (tertiary/aromatic N) is 2. The molecule has 1 N–H and O–H groups in total. The zero-order valence-electron chi connectivity index (χ0n) is 20.8. The Hall–Kier alpha value is -4.23. The van der Waals surface area contributed by atoms with Crippen molar-refractivity contribution >= 4 is 45.3 Å². The van der Waals surface area contributed by atoms with Crippen molar-refractivity contribution in [2.24, 2.45) is 0 Å². The van der Waals surface area contributed by atoms with Crippen LogP contribution >= 0.6 is 0 Å². The van der Waals surface area contributed by atoms with Crippen molar-refractivity contribution in [2.45, 2.75) is 63.2 Å². The van der Waals surface area contributed by atoms with Gasteiger partial charge in [0.25, 0.3) is 11.4 Å². The fourth-order valence-corrected chi connectivity index (χ4v) is 4.81. The first-order valence-electron chi connectivity index (χ1n) is 10.8. The lowest BCUT2D eigenvalue weighted by molar-refractivity contribution is -0.396. The summed E-state index contributed by atoms with van der Waals surface area (Å²) < 4.78 is 54.3. The normalized spacial score (nSPS) is 22.7. The summed E-state index contributed by atoms with van der Waals surface area (Å²) in [6, 6.07) is 1.72. The van der Waals surface area contributed by atoms with Gasteiger partial charge in [-0.1, -0.05) is 0 Å². The molecule has 5 atom stereocenters. The Bertz CT molecular complexity index is 1280. The third kappa shape index (κ3) is 8.12. The van der Waals surface area contributed by atoms with Crippen molar-refractivity contribution in [1.82, 2.24) is 4.72 Å². The van der Waals surface area contributed by atoms with E-state index in [1.165, 1.54) is 0 Å². The summed E-state index contributed by atoms with van der Waals surface area (Å²) in [6.45, 7) is 3.22. The number of hydrogen-bond acceptors (Lipinski definition) is 15. The first-order chi connectivity index (χ1) is 18.0. The number of benzene rings is 1. The molecule has 19 heteroatoms. The van der Waals surface area contributed by atoms with Gasteiger partial charge in [-0.05, 0) is 6.07 Å². The van der Waals surface area contributed by atoms with Crippen LogP contribution in [0.15, 0.2) is 23.1 Å². The van der Waals surface area contributed by atoms with E-state index in [1.54, 1.807) is 0 Å². The van der Waals surface area contributed by atoms with Gasteiger partial charge in [-0.15, -0.1) is 0 Å². The van der Waals surface area contributed by atoms with Crippen LogP contribution in [-0.4, -0.2) is 79.4 Å². The minimum atomic E-state index is -4.98. The zero-order valence-corrected chi connectivity index (χ0v) is 21.6. The van der Waals surface area contributed by atoms with E-state index in [9.17, 15) is 47.8 Å². The molecule has 0 aromatic heterocycles. The van der Waals surface area contributed by atoms with Gasteiger partial charge >= 0.3 is 23.9 Å². The smallest absolute Gasteiger partial charge is 0.303 e. The summed E-state index contributed by atoms with van der Waals surface area (Å²) in [5.41, 5.74) is -1.93. The van der Waals surface area contributed by atoms with Crippen LogP contribution in [0.1, 0.15) is 27.7 Å². The first-order valence-corrected chi connectivity index (χ1v) is 12.3. The summed E-state index contributed by atoms with van der Waals surface area (Å²) in [5, 5.41) is 22.5. The van der Waals surface area contributed by atoms with Crippen LogP contribution in [0.5, 0.6) is 0 Å². The van der Waals surface area contributed by atoms with Crippen LogP contribution in [0.25, 0.3) is 0 Å². The van der Waals surface area contributed by atoms with Crippen molar-refractivity contribution in [2.75, 3.05) is 6.61 Å². The van der Waals surface area contributed by atoms with E-state index in [0.29, 0.717) is 18.2 Å². The molecule has 0 radical (unpaired) electrons. The van der Waals surface area contributed by atoms with Crippen LogP contribution in [-0.2, 0) is 52.9 Å². The Balaban J connectivity index is 2.62. The number of carbonyl (C=O) groups is 4. The molecule has 0 unspecified atom stereocenters. The van der Waals surface area contributed by atoms with Gasteiger partial charge in [0, 0.05) is 33.8 Å². The van der Waals surface area contributed by atoms with E-state index in [0.717, 1.165) is 27.7 Å². The van der Waals surface area contributed by atoms with Gasteiger partial charge in [-0.3, -0.25) is 39.4 Å². The number of non-ortho nitro benzene ring substituents is 1. The highest BCUT2D eigenvalue weighted by Crippen LogP contribution is 2.32. The number of nitrogens with one attached hydrogen (secondary N) is 1. The number of nitro groups is 2. The zero-order chi connectivity index (χ0) is 29.7. The number of nitro benzene ring substituents is 2. The average Bonchev–Trinajstić information content (AvgIpc) is 2.80. The molecule has 0 aliphatic carbocycles. The number of sulfonamides is 1. The summed E-state index contributed by atoms with van der Waals surface area (Å²) in [6.07, 6.45) is -8.61. The van der Waals surface area contributed by atoms with E-state index < -0.39 is 97.3 Å². The Morgan fingerprint density at radius 3 is 1.90 bits per heavy atom. The highest BCUT2D eigenvalue weighted by Gasteiger charge is 2.53. The number of esters is 4. The Morgan fingerprint density at radius 1 is 0.872 bits per heavy atom. The molecule has 214 valence electrons. The monoisotopic (exact) mass is 577 g/mol. The summed E-state index contributed by atoms with van der Waals surface area (Å²) in [7, 11) is -4.98. The average molecular weight is 577 g/mol. The predicted octanol–water partition coefficient (Wildman–Crippen LogP) is -0.136. The van der Waals surface area contributed by atoms with E-state index in [1.807, 2.05) is 4.72 Å². The molecular weight excluding hydrogens is 554 g/mol. The van der Waals surface area contributed by atoms with Crippen molar-refractivity contribution in [3.63, 3.8) is 0 Å². The minimum absolute atomic E-state index is 0.418. The summed E-state index contributed by atoms with van der Waals surface area (Å²) >= 11 is 0. The fraction of sp³-hybridized carbons (Fsp3) is 0.500. The highest BCUT2D eigenvalue weighted by molar-refractivity contribution is 7.89. The largest absolute Gasteiger partial charge is 0.463 e. The Kier molecular flexibility index (Phi) is 9.97. The molecule has 1 aliphatic rings. The molecular formula is C20H23N3O15S. The second kappa shape index (κ2) is 12.5. The predicted molar refractivity (Wildman–Crippen MR) is 122 cm³/mol. The summed E-state index contributed by atoms with van der Waals surface area (Å²) in [4.78, 5) is 66.2. The first kappa shape index (κ1) is 31.0. The molecule has 18 nitrogen and oxygen atoms in total. The number of carbonyl (C=O) groups excluding carboxylic acids is 4. The van der Waals surface area contributed by atoms with E-state index in [2.05, 4.69) is 0 Å². The van der Waals surface area contributed by atoms with Crippen LogP contribution < -0.4 is 4.72 Å². The van der Waals surface area contributed by atoms with E-state index >= 15 is 0 Å². The molecule has 1 fully saturated rings. The lowest BCUT2D eigenvalue weighted by atomic mass is 9.97.